The maximum atomic E-state index is 11.6. The summed E-state index contributed by atoms with van der Waals surface area (Å²) < 4.78 is 0. The Morgan fingerprint density at radius 2 is 1.94 bits per heavy atom. The first-order valence-electron chi connectivity index (χ1n) is 6.50. The molecule has 0 aliphatic carbocycles. The number of benzene rings is 1. The Balaban J connectivity index is 2.40. The molecule has 0 aliphatic rings. The smallest absolute Gasteiger partial charge is 0.155 e. The second kappa shape index (κ2) is 7.83. The molecule has 1 rings (SSSR count). The SMILES string of the molecule is CCCCCC(=O)/C=C/[C@H](C)c1ccccc1. The predicted molar refractivity (Wildman–Crippen MR) is 73.1 cm³/mol. The maximum Gasteiger partial charge on any atom is 0.155 e. The van der Waals surface area contributed by atoms with Gasteiger partial charge in [-0.3, -0.25) is 4.79 Å². The molecule has 0 amide bonds. The minimum absolute atomic E-state index is 0.251. The van der Waals surface area contributed by atoms with Crippen molar-refractivity contribution in [3.8, 4) is 0 Å². The van der Waals surface area contributed by atoms with E-state index in [9.17, 15) is 4.79 Å². The number of unbranched alkanes of at least 4 members (excludes halogenated alkanes) is 2. The summed E-state index contributed by atoms with van der Waals surface area (Å²) in [6, 6.07) is 10.3. The summed E-state index contributed by atoms with van der Waals surface area (Å²) in [5.41, 5.74) is 1.25. The number of ketones is 1. The average Bonchev–Trinajstić information content (AvgIpc) is 2.37. The van der Waals surface area contributed by atoms with Crippen LogP contribution >= 0.6 is 0 Å². The highest BCUT2D eigenvalue weighted by Crippen LogP contribution is 2.15. The van der Waals surface area contributed by atoms with Crippen LogP contribution in [0.1, 0.15) is 51.0 Å². The number of hydrogen-bond donors (Lipinski definition) is 0. The van der Waals surface area contributed by atoms with Crippen LogP contribution in [0.4, 0.5) is 0 Å². The van der Waals surface area contributed by atoms with Gasteiger partial charge in [0.2, 0.25) is 0 Å². The Hall–Kier alpha value is -1.37. The molecule has 0 aliphatic heterocycles. The van der Waals surface area contributed by atoms with E-state index in [1.165, 1.54) is 5.56 Å². The molecule has 0 bridgehead atoms. The van der Waals surface area contributed by atoms with Crippen molar-refractivity contribution in [3.05, 3.63) is 48.0 Å². The zero-order chi connectivity index (χ0) is 12.5. The van der Waals surface area contributed by atoms with E-state index in [0.29, 0.717) is 12.3 Å². The molecule has 92 valence electrons. The zero-order valence-corrected chi connectivity index (χ0v) is 10.9. The molecule has 0 radical (unpaired) electrons. The summed E-state index contributed by atoms with van der Waals surface area (Å²) in [6.45, 7) is 4.27. The van der Waals surface area contributed by atoms with Crippen molar-refractivity contribution >= 4 is 5.78 Å². The zero-order valence-electron chi connectivity index (χ0n) is 10.9. The molecule has 1 atom stereocenters. The van der Waals surface area contributed by atoms with Gasteiger partial charge in [-0.05, 0) is 24.0 Å². The van der Waals surface area contributed by atoms with Crippen molar-refractivity contribution in [3.63, 3.8) is 0 Å². The largest absolute Gasteiger partial charge is 0.295 e. The first kappa shape index (κ1) is 13.7. The van der Waals surface area contributed by atoms with E-state index >= 15 is 0 Å². The van der Waals surface area contributed by atoms with Crippen LogP contribution in [0.5, 0.6) is 0 Å². The van der Waals surface area contributed by atoms with E-state index in [0.717, 1.165) is 19.3 Å². The molecule has 0 heterocycles. The van der Waals surface area contributed by atoms with Gasteiger partial charge < -0.3 is 0 Å². The van der Waals surface area contributed by atoms with E-state index < -0.39 is 0 Å². The molecule has 0 fully saturated rings. The monoisotopic (exact) mass is 230 g/mol. The second-order valence-electron chi connectivity index (χ2n) is 4.48. The molecule has 1 heteroatoms. The fourth-order valence-corrected chi connectivity index (χ4v) is 1.75. The highest BCUT2D eigenvalue weighted by Gasteiger charge is 2.01. The molecule has 1 aromatic carbocycles. The third kappa shape index (κ3) is 5.48. The Bertz CT molecular complexity index is 351. The summed E-state index contributed by atoms with van der Waals surface area (Å²) >= 11 is 0. The molecule has 0 unspecified atom stereocenters. The lowest BCUT2D eigenvalue weighted by Crippen LogP contribution is -1.94. The molecule has 0 saturated heterocycles. The normalized spacial score (nSPS) is 12.8. The lowest BCUT2D eigenvalue weighted by Gasteiger charge is -2.05. The molecule has 0 aromatic heterocycles. The van der Waals surface area contributed by atoms with E-state index in [1.54, 1.807) is 6.08 Å². The van der Waals surface area contributed by atoms with Crippen molar-refractivity contribution in [1.82, 2.24) is 0 Å². The maximum absolute atomic E-state index is 11.6. The van der Waals surface area contributed by atoms with Gasteiger partial charge in [0.25, 0.3) is 0 Å². The summed E-state index contributed by atoms with van der Waals surface area (Å²) in [4.78, 5) is 11.6. The molecule has 1 nitrogen and oxygen atoms in total. The predicted octanol–water partition coefficient (Wildman–Crippen LogP) is 4.50. The van der Waals surface area contributed by atoms with Crippen LogP contribution in [0, 0.1) is 0 Å². The first-order chi connectivity index (χ1) is 8.24. The minimum atomic E-state index is 0.251. The Morgan fingerprint density at radius 3 is 2.59 bits per heavy atom. The van der Waals surface area contributed by atoms with Crippen LogP contribution in [0.15, 0.2) is 42.5 Å². The Morgan fingerprint density at radius 1 is 1.24 bits per heavy atom. The van der Waals surface area contributed by atoms with Crippen molar-refractivity contribution < 1.29 is 4.79 Å². The van der Waals surface area contributed by atoms with Crippen molar-refractivity contribution in [1.29, 1.82) is 0 Å². The number of carbonyl (C=O) groups excluding carboxylic acids is 1. The summed E-state index contributed by atoms with van der Waals surface area (Å²) in [5, 5.41) is 0. The van der Waals surface area contributed by atoms with E-state index in [2.05, 4.69) is 26.0 Å². The van der Waals surface area contributed by atoms with Crippen LogP contribution in [0.2, 0.25) is 0 Å². The van der Waals surface area contributed by atoms with Crippen molar-refractivity contribution in [2.45, 2.75) is 45.4 Å². The minimum Gasteiger partial charge on any atom is -0.295 e. The highest BCUT2D eigenvalue weighted by molar-refractivity contribution is 5.89. The van der Waals surface area contributed by atoms with Gasteiger partial charge in [0, 0.05) is 6.42 Å². The van der Waals surface area contributed by atoms with E-state index in [4.69, 9.17) is 0 Å². The molecule has 1 aromatic rings. The van der Waals surface area contributed by atoms with Gasteiger partial charge in [0.05, 0.1) is 0 Å². The molecule has 0 saturated carbocycles. The fraction of sp³-hybridized carbons (Fsp3) is 0.438. The fourth-order valence-electron chi connectivity index (χ4n) is 1.75. The van der Waals surface area contributed by atoms with Crippen LogP contribution in [0.3, 0.4) is 0 Å². The first-order valence-corrected chi connectivity index (χ1v) is 6.50. The van der Waals surface area contributed by atoms with Crippen molar-refractivity contribution in [2.24, 2.45) is 0 Å². The molecule has 0 spiro atoms. The van der Waals surface area contributed by atoms with Gasteiger partial charge in [-0.15, -0.1) is 0 Å². The van der Waals surface area contributed by atoms with E-state index in [1.807, 2.05) is 24.3 Å². The lowest BCUT2D eigenvalue weighted by molar-refractivity contribution is -0.114. The number of allylic oxidation sites excluding steroid dienone is 2. The topological polar surface area (TPSA) is 17.1 Å². The second-order valence-corrected chi connectivity index (χ2v) is 4.48. The van der Waals surface area contributed by atoms with Gasteiger partial charge in [-0.2, -0.15) is 0 Å². The van der Waals surface area contributed by atoms with Gasteiger partial charge >= 0.3 is 0 Å². The molecule has 0 N–H and O–H groups in total. The summed E-state index contributed by atoms with van der Waals surface area (Å²) in [5.74, 6) is 0.563. The van der Waals surface area contributed by atoms with Crippen LogP contribution in [0.25, 0.3) is 0 Å². The lowest BCUT2D eigenvalue weighted by atomic mass is 10.00. The Labute approximate surface area is 105 Å². The summed E-state index contributed by atoms with van der Waals surface area (Å²) in [6.07, 6.45) is 7.76. The quantitative estimate of drug-likeness (QED) is 0.498. The number of rotatable bonds is 7. The molecule has 17 heavy (non-hydrogen) atoms. The number of carbonyl (C=O) groups is 1. The third-order valence-electron chi connectivity index (χ3n) is 2.92. The van der Waals surface area contributed by atoms with Crippen molar-refractivity contribution in [2.75, 3.05) is 0 Å². The average molecular weight is 230 g/mol. The van der Waals surface area contributed by atoms with E-state index in [-0.39, 0.29) is 5.78 Å². The van der Waals surface area contributed by atoms with Gasteiger partial charge in [0.1, 0.15) is 0 Å². The number of hydrogen-bond acceptors (Lipinski definition) is 1. The van der Waals surface area contributed by atoms with Gasteiger partial charge in [-0.25, -0.2) is 0 Å². The summed E-state index contributed by atoms with van der Waals surface area (Å²) in [7, 11) is 0. The van der Waals surface area contributed by atoms with Crippen LogP contribution in [-0.4, -0.2) is 5.78 Å². The van der Waals surface area contributed by atoms with Gasteiger partial charge in [0.15, 0.2) is 5.78 Å². The highest BCUT2D eigenvalue weighted by atomic mass is 16.1. The standard InChI is InChI=1S/C16H22O/c1-3-4-6-11-16(17)13-12-14(2)15-9-7-5-8-10-15/h5,7-10,12-14H,3-4,6,11H2,1-2H3/b13-12+/t14-/m0/s1. The van der Waals surface area contributed by atoms with Crippen LogP contribution in [-0.2, 0) is 4.79 Å². The van der Waals surface area contributed by atoms with Crippen LogP contribution < -0.4 is 0 Å². The third-order valence-corrected chi connectivity index (χ3v) is 2.92. The molecular formula is C16H22O. The van der Waals surface area contributed by atoms with Gasteiger partial charge in [-0.1, -0.05) is 63.1 Å². The molecular weight excluding hydrogens is 208 g/mol. The Kier molecular flexibility index (Phi) is 6.31.